The molecule has 0 spiro atoms. The molecule has 0 atom stereocenters. The Labute approximate surface area is 143 Å². The van der Waals surface area contributed by atoms with Gasteiger partial charge >= 0.3 is 11.8 Å². The second kappa shape index (κ2) is 7.76. The molecule has 0 saturated heterocycles. The molecule has 2 rings (SSSR count). The molecule has 2 N–H and O–H groups in total. The summed E-state index contributed by atoms with van der Waals surface area (Å²) in [6, 6.07) is 11.8. The van der Waals surface area contributed by atoms with Crippen LogP contribution in [0.3, 0.4) is 0 Å². The molecule has 0 fully saturated rings. The van der Waals surface area contributed by atoms with Crippen molar-refractivity contribution < 1.29 is 9.59 Å². The average molecular weight is 350 g/mol. The van der Waals surface area contributed by atoms with E-state index in [0.29, 0.717) is 15.7 Å². The fourth-order valence-electron chi connectivity index (χ4n) is 1.62. The van der Waals surface area contributed by atoms with Gasteiger partial charge in [0.05, 0.1) is 6.21 Å². The fourth-order valence-corrected chi connectivity index (χ4v) is 1.93. The minimum Gasteiger partial charge on any atom is -0.318 e. The third-order valence-corrected chi connectivity index (χ3v) is 3.54. The number of carbonyl (C=O) groups excluding carboxylic acids is 2. The van der Waals surface area contributed by atoms with Crippen molar-refractivity contribution in [3.63, 3.8) is 0 Å². The molecule has 5 nitrogen and oxygen atoms in total. The first-order chi connectivity index (χ1) is 11.0. The average Bonchev–Trinajstić information content (AvgIpc) is 2.52. The quantitative estimate of drug-likeness (QED) is 0.506. The molecule has 0 bridgehead atoms. The maximum absolute atomic E-state index is 11.7. The summed E-state index contributed by atoms with van der Waals surface area (Å²) in [5.74, 6) is -1.72. The first-order valence-corrected chi connectivity index (χ1v) is 7.37. The van der Waals surface area contributed by atoms with Gasteiger partial charge in [-0.15, -0.1) is 0 Å². The number of anilines is 1. The van der Waals surface area contributed by atoms with Gasteiger partial charge in [-0.2, -0.15) is 5.10 Å². The Morgan fingerprint density at radius 2 is 1.74 bits per heavy atom. The van der Waals surface area contributed by atoms with Crippen molar-refractivity contribution in [1.82, 2.24) is 5.43 Å². The van der Waals surface area contributed by atoms with E-state index in [9.17, 15) is 9.59 Å². The van der Waals surface area contributed by atoms with Crippen LogP contribution >= 0.6 is 23.2 Å². The fraction of sp³-hybridized carbons (Fsp3) is 0.0625. The van der Waals surface area contributed by atoms with E-state index in [0.717, 1.165) is 11.1 Å². The number of rotatable bonds is 3. The van der Waals surface area contributed by atoms with Gasteiger partial charge in [-0.3, -0.25) is 9.59 Å². The summed E-state index contributed by atoms with van der Waals surface area (Å²) in [5, 5.41) is 7.25. The zero-order valence-corrected chi connectivity index (χ0v) is 13.7. The summed E-state index contributed by atoms with van der Waals surface area (Å²) in [7, 11) is 0. The maximum atomic E-state index is 11.7. The van der Waals surface area contributed by atoms with Crippen LogP contribution in [0, 0.1) is 6.92 Å². The maximum Gasteiger partial charge on any atom is 0.329 e. The number of carbonyl (C=O) groups is 2. The molecule has 0 saturated carbocycles. The van der Waals surface area contributed by atoms with E-state index in [4.69, 9.17) is 23.2 Å². The molecular weight excluding hydrogens is 337 g/mol. The van der Waals surface area contributed by atoms with Crippen molar-refractivity contribution in [2.24, 2.45) is 5.10 Å². The number of hydrogen-bond donors (Lipinski definition) is 2. The Morgan fingerprint density at radius 1 is 1.04 bits per heavy atom. The van der Waals surface area contributed by atoms with Gasteiger partial charge in [-0.1, -0.05) is 41.4 Å². The molecule has 0 aromatic heterocycles. The number of nitrogens with zero attached hydrogens (tertiary/aromatic N) is 1. The molecule has 0 radical (unpaired) electrons. The Balaban J connectivity index is 1.90. The Hall–Kier alpha value is -2.37. The van der Waals surface area contributed by atoms with Crippen LogP contribution in [0.5, 0.6) is 0 Å². The molecule has 7 heteroatoms. The lowest BCUT2D eigenvalue weighted by Gasteiger charge is -2.05. The predicted octanol–water partition coefficient (Wildman–Crippen LogP) is 3.39. The largest absolute Gasteiger partial charge is 0.329 e. The van der Waals surface area contributed by atoms with Gasteiger partial charge in [0.25, 0.3) is 0 Å². The topological polar surface area (TPSA) is 70.6 Å². The van der Waals surface area contributed by atoms with Crippen LogP contribution in [0.4, 0.5) is 5.69 Å². The summed E-state index contributed by atoms with van der Waals surface area (Å²) in [6.07, 6.45) is 1.41. The summed E-state index contributed by atoms with van der Waals surface area (Å²) in [4.78, 5) is 23.4. The van der Waals surface area contributed by atoms with Crippen molar-refractivity contribution in [3.8, 4) is 0 Å². The van der Waals surface area contributed by atoms with Crippen LogP contribution in [0.1, 0.15) is 11.1 Å². The number of benzene rings is 2. The lowest BCUT2D eigenvalue weighted by atomic mass is 10.2. The van der Waals surface area contributed by atoms with Crippen LogP contribution in [0.25, 0.3) is 0 Å². The highest BCUT2D eigenvalue weighted by Crippen LogP contribution is 2.19. The van der Waals surface area contributed by atoms with Gasteiger partial charge in [0.2, 0.25) is 0 Å². The van der Waals surface area contributed by atoms with E-state index in [2.05, 4.69) is 15.8 Å². The lowest BCUT2D eigenvalue weighted by Crippen LogP contribution is -2.32. The minimum absolute atomic E-state index is 0.433. The van der Waals surface area contributed by atoms with E-state index < -0.39 is 11.8 Å². The smallest absolute Gasteiger partial charge is 0.318 e. The first kappa shape index (κ1) is 17.0. The SMILES string of the molecule is Cc1ccc(NC(=O)C(=O)NN=Cc2ccc(Cl)cc2)cc1Cl. The van der Waals surface area contributed by atoms with E-state index in [1.54, 1.807) is 42.5 Å². The number of amides is 2. The molecule has 2 amide bonds. The standard InChI is InChI=1S/C16H13Cl2N3O2/c1-10-2-7-13(8-14(10)18)20-15(22)16(23)21-19-9-11-3-5-12(17)6-4-11/h2-9H,1H3,(H,20,22)(H,21,23). The van der Waals surface area contributed by atoms with Crippen LogP contribution < -0.4 is 10.7 Å². The number of halogens is 2. The van der Waals surface area contributed by atoms with Crippen molar-refractivity contribution in [3.05, 3.63) is 63.6 Å². The molecule has 0 heterocycles. The van der Waals surface area contributed by atoms with Crippen molar-refractivity contribution in [2.75, 3.05) is 5.32 Å². The minimum atomic E-state index is -0.882. The molecule has 2 aromatic rings. The molecule has 118 valence electrons. The number of hydrogen-bond acceptors (Lipinski definition) is 3. The van der Waals surface area contributed by atoms with Gasteiger partial charge in [0.15, 0.2) is 0 Å². The molecule has 0 unspecified atom stereocenters. The van der Waals surface area contributed by atoms with Gasteiger partial charge < -0.3 is 5.32 Å². The van der Waals surface area contributed by atoms with Crippen molar-refractivity contribution in [2.45, 2.75) is 6.92 Å². The van der Waals surface area contributed by atoms with E-state index in [1.807, 2.05) is 6.92 Å². The second-order valence-corrected chi connectivity index (χ2v) is 5.51. The molecular formula is C16H13Cl2N3O2. The van der Waals surface area contributed by atoms with Gasteiger partial charge in [-0.05, 0) is 42.3 Å². The second-order valence-electron chi connectivity index (χ2n) is 4.67. The number of hydrazone groups is 1. The van der Waals surface area contributed by atoms with Gasteiger partial charge in [0, 0.05) is 15.7 Å². The molecule has 2 aromatic carbocycles. The van der Waals surface area contributed by atoms with E-state index in [-0.39, 0.29) is 0 Å². The molecule has 23 heavy (non-hydrogen) atoms. The normalized spacial score (nSPS) is 10.6. The first-order valence-electron chi connectivity index (χ1n) is 6.62. The summed E-state index contributed by atoms with van der Waals surface area (Å²) in [6.45, 7) is 1.84. The summed E-state index contributed by atoms with van der Waals surface area (Å²) >= 11 is 11.7. The Morgan fingerprint density at radius 3 is 2.39 bits per heavy atom. The molecule has 0 aliphatic rings. The van der Waals surface area contributed by atoms with Crippen LogP contribution in [0.2, 0.25) is 10.0 Å². The van der Waals surface area contributed by atoms with Crippen molar-refractivity contribution in [1.29, 1.82) is 0 Å². The number of nitrogens with one attached hydrogen (secondary N) is 2. The zero-order chi connectivity index (χ0) is 16.8. The highest BCUT2D eigenvalue weighted by molar-refractivity contribution is 6.39. The monoisotopic (exact) mass is 349 g/mol. The summed E-state index contributed by atoms with van der Waals surface area (Å²) < 4.78 is 0. The van der Waals surface area contributed by atoms with Crippen LogP contribution in [-0.2, 0) is 9.59 Å². The number of aryl methyl sites for hydroxylation is 1. The van der Waals surface area contributed by atoms with Gasteiger partial charge in [-0.25, -0.2) is 5.43 Å². The molecule has 0 aliphatic carbocycles. The lowest BCUT2D eigenvalue weighted by molar-refractivity contribution is -0.136. The highest BCUT2D eigenvalue weighted by atomic mass is 35.5. The third kappa shape index (κ3) is 5.09. The van der Waals surface area contributed by atoms with Gasteiger partial charge in [0.1, 0.15) is 0 Å². The Bertz CT molecular complexity index is 758. The van der Waals surface area contributed by atoms with Crippen molar-refractivity contribution >= 4 is 46.9 Å². The summed E-state index contributed by atoms with van der Waals surface area (Å²) in [5.41, 5.74) is 4.19. The van der Waals surface area contributed by atoms with Crippen LogP contribution in [0.15, 0.2) is 47.6 Å². The van der Waals surface area contributed by atoms with E-state index in [1.165, 1.54) is 6.21 Å². The Kier molecular flexibility index (Phi) is 5.73. The highest BCUT2D eigenvalue weighted by Gasteiger charge is 2.13. The molecule has 0 aliphatic heterocycles. The van der Waals surface area contributed by atoms with E-state index >= 15 is 0 Å². The predicted molar refractivity (Wildman–Crippen MR) is 92.0 cm³/mol. The van der Waals surface area contributed by atoms with Crippen LogP contribution in [-0.4, -0.2) is 18.0 Å². The zero-order valence-electron chi connectivity index (χ0n) is 12.1. The third-order valence-electron chi connectivity index (χ3n) is 2.89.